The van der Waals surface area contributed by atoms with Crippen molar-refractivity contribution >= 4 is 28.1 Å². The molecule has 2 unspecified atom stereocenters. The van der Waals surface area contributed by atoms with Crippen molar-refractivity contribution in [3.8, 4) is 11.5 Å². The second-order valence-corrected chi connectivity index (χ2v) is 10.8. The average Bonchev–Trinajstić information content (AvgIpc) is 2.90. The van der Waals surface area contributed by atoms with E-state index in [1.807, 2.05) is 60.7 Å². The Morgan fingerprint density at radius 3 is 2.57 bits per heavy atom. The number of hydrogen-bond donors (Lipinski definition) is 0. The van der Waals surface area contributed by atoms with Crippen LogP contribution in [0.2, 0.25) is 0 Å². The summed E-state index contributed by atoms with van der Waals surface area (Å²) in [6.07, 6.45) is 3.15. The minimum Gasteiger partial charge on any atom is -0.493 e. The molecule has 1 aliphatic carbocycles. The maximum Gasteiger partial charge on any atom is 0.161 e. The highest BCUT2D eigenvalue weighted by Crippen LogP contribution is 2.51. The molecular formula is C32H30N2O3. The molecule has 0 radical (unpaired) electrons. The summed E-state index contributed by atoms with van der Waals surface area (Å²) in [6.45, 7) is 4.76. The van der Waals surface area contributed by atoms with Gasteiger partial charge in [-0.05, 0) is 58.9 Å². The Balaban J connectivity index is 1.47. The zero-order valence-electron chi connectivity index (χ0n) is 21.4. The lowest BCUT2D eigenvalue weighted by atomic mass is 9.63. The van der Waals surface area contributed by atoms with Gasteiger partial charge in [0, 0.05) is 29.6 Å². The number of ketones is 1. The van der Waals surface area contributed by atoms with Gasteiger partial charge in [-0.2, -0.15) is 0 Å². The molecular weight excluding hydrogens is 460 g/mol. The molecule has 1 aromatic heterocycles. The zero-order chi connectivity index (χ0) is 25.6. The minimum absolute atomic E-state index is 0.0975. The number of rotatable bonds is 5. The standard InChI is InChI=1S/C32H30N2O3/c1-32(2)17-25-31(26(35)18-32)29(30-22-10-7-15-33-23(22)12-13-24(30)34-25)21-11-14-27(28(16-21)36-3)37-19-20-8-5-4-6-9-20/h4-16,29,31H,17-19H2,1-3H3. The summed E-state index contributed by atoms with van der Waals surface area (Å²) in [4.78, 5) is 23.4. The summed E-state index contributed by atoms with van der Waals surface area (Å²) in [5, 5.41) is 1.04. The van der Waals surface area contributed by atoms with Crippen LogP contribution in [-0.4, -0.2) is 23.6 Å². The van der Waals surface area contributed by atoms with Crippen molar-refractivity contribution in [3.63, 3.8) is 0 Å². The first-order chi connectivity index (χ1) is 17.9. The molecule has 5 nitrogen and oxygen atoms in total. The van der Waals surface area contributed by atoms with Crippen LogP contribution in [0.3, 0.4) is 0 Å². The number of benzene rings is 3. The molecule has 0 spiro atoms. The molecule has 2 aliphatic rings. The third kappa shape index (κ3) is 4.29. The maximum absolute atomic E-state index is 13.7. The first-order valence-electron chi connectivity index (χ1n) is 12.8. The smallest absolute Gasteiger partial charge is 0.161 e. The number of methoxy groups -OCH3 is 1. The molecule has 4 aromatic rings. The average molecular weight is 491 g/mol. The van der Waals surface area contributed by atoms with E-state index in [1.54, 1.807) is 13.3 Å². The summed E-state index contributed by atoms with van der Waals surface area (Å²) >= 11 is 0. The van der Waals surface area contributed by atoms with Crippen LogP contribution in [0, 0.1) is 11.3 Å². The number of pyridine rings is 1. The predicted octanol–water partition coefficient (Wildman–Crippen LogP) is 7.05. The van der Waals surface area contributed by atoms with Gasteiger partial charge >= 0.3 is 0 Å². The van der Waals surface area contributed by atoms with Crippen LogP contribution in [-0.2, 0) is 11.4 Å². The molecule has 37 heavy (non-hydrogen) atoms. The lowest BCUT2D eigenvalue weighted by Crippen LogP contribution is -2.42. The van der Waals surface area contributed by atoms with Gasteiger partial charge < -0.3 is 9.47 Å². The van der Waals surface area contributed by atoms with E-state index >= 15 is 0 Å². The van der Waals surface area contributed by atoms with Gasteiger partial charge in [-0.25, -0.2) is 0 Å². The highest BCUT2D eigenvalue weighted by Gasteiger charge is 2.46. The summed E-state index contributed by atoms with van der Waals surface area (Å²) < 4.78 is 11.9. The number of fused-ring (bicyclic) bond motifs is 4. The molecule has 1 aliphatic heterocycles. The van der Waals surface area contributed by atoms with Gasteiger partial charge in [-0.3, -0.25) is 14.8 Å². The lowest BCUT2D eigenvalue weighted by molar-refractivity contribution is -0.124. The molecule has 3 aromatic carbocycles. The van der Waals surface area contributed by atoms with E-state index in [4.69, 9.17) is 14.5 Å². The van der Waals surface area contributed by atoms with Gasteiger partial charge in [-0.15, -0.1) is 0 Å². The number of ether oxygens (including phenoxy) is 2. The molecule has 0 amide bonds. The summed E-state index contributed by atoms with van der Waals surface area (Å²) in [5.41, 5.74) is 5.88. The van der Waals surface area contributed by atoms with Crippen molar-refractivity contribution in [1.29, 1.82) is 0 Å². The Morgan fingerprint density at radius 1 is 0.919 bits per heavy atom. The number of Topliss-reactive ketones (excluding diaryl/α,β-unsaturated/α-hetero) is 1. The molecule has 0 N–H and O–H groups in total. The molecule has 6 rings (SSSR count). The fourth-order valence-electron chi connectivity index (χ4n) is 5.92. The monoisotopic (exact) mass is 490 g/mol. The van der Waals surface area contributed by atoms with Crippen LogP contribution in [0.5, 0.6) is 11.5 Å². The van der Waals surface area contributed by atoms with E-state index in [2.05, 4.69) is 31.0 Å². The largest absolute Gasteiger partial charge is 0.493 e. The first-order valence-corrected chi connectivity index (χ1v) is 12.8. The molecule has 5 heteroatoms. The van der Waals surface area contributed by atoms with Crippen molar-refractivity contribution in [2.75, 3.05) is 7.11 Å². The lowest BCUT2D eigenvalue weighted by Gasteiger charge is -2.41. The van der Waals surface area contributed by atoms with Crippen LogP contribution >= 0.6 is 0 Å². The van der Waals surface area contributed by atoms with Gasteiger partial charge in [0.15, 0.2) is 11.5 Å². The number of nitrogens with zero attached hydrogens (tertiary/aromatic N) is 2. The van der Waals surface area contributed by atoms with Gasteiger partial charge in [0.2, 0.25) is 0 Å². The Labute approximate surface area is 217 Å². The minimum atomic E-state index is -0.299. The fourth-order valence-corrected chi connectivity index (χ4v) is 5.92. The normalized spacial score (nSPS) is 20.1. The van der Waals surface area contributed by atoms with Gasteiger partial charge in [0.1, 0.15) is 12.4 Å². The van der Waals surface area contributed by atoms with E-state index in [0.717, 1.165) is 45.4 Å². The molecule has 186 valence electrons. The summed E-state index contributed by atoms with van der Waals surface area (Å²) in [6, 6.07) is 24.2. The fraction of sp³-hybridized carbons (Fsp3) is 0.281. The first kappa shape index (κ1) is 23.4. The molecule has 1 saturated carbocycles. The van der Waals surface area contributed by atoms with E-state index in [1.165, 1.54) is 0 Å². The van der Waals surface area contributed by atoms with Crippen LogP contribution in [0.1, 0.15) is 49.3 Å². The van der Waals surface area contributed by atoms with Gasteiger partial charge in [-0.1, -0.05) is 56.3 Å². The second kappa shape index (κ2) is 9.15. The van der Waals surface area contributed by atoms with Crippen molar-refractivity contribution < 1.29 is 14.3 Å². The summed E-state index contributed by atoms with van der Waals surface area (Å²) in [7, 11) is 1.66. The SMILES string of the molecule is COc1cc(C2c3c(ccc4ncccc34)N=C3CC(C)(C)CC(=O)C32)ccc1OCc1ccccc1. The van der Waals surface area contributed by atoms with E-state index < -0.39 is 0 Å². The molecule has 0 saturated heterocycles. The summed E-state index contributed by atoms with van der Waals surface area (Å²) in [5.74, 6) is 1.11. The van der Waals surface area contributed by atoms with Crippen LogP contribution in [0.15, 0.2) is 84.0 Å². The highest BCUT2D eigenvalue weighted by molar-refractivity contribution is 6.12. The molecule has 0 bridgehead atoms. The molecule has 1 fully saturated rings. The van der Waals surface area contributed by atoms with Gasteiger partial charge in [0.05, 0.1) is 24.2 Å². The van der Waals surface area contributed by atoms with Crippen molar-refractivity contribution in [3.05, 3.63) is 95.7 Å². The predicted molar refractivity (Wildman–Crippen MR) is 146 cm³/mol. The molecule has 2 heterocycles. The van der Waals surface area contributed by atoms with Gasteiger partial charge in [0.25, 0.3) is 0 Å². The second-order valence-electron chi connectivity index (χ2n) is 10.8. The number of carbonyl (C=O) groups excluding carboxylic acids is 1. The van der Waals surface area contributed by atoms with Crippen molar-refractivity contribution in [1.82, 2.24) is 4.98 Å². The van der Waals surface area contributed by atoms with Crippen molar-refractivity contribution in [2.45, 2.75) is 39.2 Å². The van der Waals surface area contributed by atoms with E-state index in [-0.39, 0.29) is 23.0 Å². The maximum atomic E-state index is 13.7. The number of aliphatic imine (C=N–C) groups is 1. The van der Waals surface area contributed by atoms with E-state index in [9.17, 15) is 4.79 Å². The number of aromatic nitrogens is 1. The third-order valence-electron chi connectivity index (χ3n) is 7.51. The highest BCUT2D eigenvalue weighted by atomic mass is 16.5. The number of carbonyl (C=O) groups is 1. The Kier molecular flexibility index (Phi) is 5.79. The van der Waals surface area contributed by atoms with Crippen LogP contribution in [0.4, 0.5) is 5.69 Å². The topological polar surface area (TPSA) is 60.8 Å². The number of hydrogen-bond acceptors (Lipinski definition) is 5. The van der Waals surface area contributed by atoms with E-state index in [0.29, 0.717) is 24.5 Å². The molecule has 2 atom stereocenters. The Hall–Kier alpha value is -3.99. The van der Waals surface area contributed by atoms with Crippen molar-refractivity contribution in [2.24, 2.45) is 16.3 Å². The third-order valence-corrected chi connectivity index (χ3v) is 7.51. The Morgan fingerprint density at radius 2 is 1.76 bits per heavy atom. The van der Waals surface area contributed by atoms with Crippen LogP contribution in [0.25, 0.3) is 10.9 Å². The quantitative estimate of drug-likeness (QED) is 0.301. The zero-order valence-corrected chi connectivity index (χ0v) is 21.4. The Bertz CT molecular complexity index is 1520. The van der Waals surface area contributed by atoms with Crippen LogP contribution < -0.4 is 9.47 Å².